The van der Waals surface area contributed by atoms with Crippen molar-refractivity contribution in [3.05, 3.63) is 34.6 Å². The van der Waals surface area contributed by atoms with Crippen LogP contribution >= 0.6 is 24.0 Å². The van der Waals surface area contributed by atoms with E-state index in [0.717, 1.165) is 6.54 Å². The zero-order chi connectivity index (χ0) is 14.7. The lowest BCUT2D eigenvalue weighted by Gasteiger charge is -2.13. The van der Waals surface area contributed by atoms with E-state index in [4.69, 9.17) is 11.6 Å². The van der Waals surface area contributed by atoms with Crippen LogP contribution in [0.4, 0.5) is 4.39 Å². The highest BCUT2D eigenvalue weighted by molar-refractivity contribution is 6.31. The van der Waals surface area contributed by atoms with E-state index in [0.29, 0.717) is 23.6 Å². The van der Waals surface area contributed by atoms with Crippen molar-refractivity contribution >= 4 is 29.9 Å². The van der Waals surface area contributed by atoms with E-state index in [1.807, 2.05) is 13.8 Å². The number of hydrogen-bond acceptors (Lipinski definition) is 2. The van der Waals surface area contributed by atoms with Crippen LogP contribution in [0.15, 0.2) is 18.2 Å². The van der Waals surface area contributed by atoms with Gasteiger partial charge in [0.25, 0.3) is 0 Å². The molecule has 1 saturated carbocycles. The molecule has 2 N–H and O–H groups in total. The molecule has 0 radical (unpaired) electrons. The zero-order valence-electron chi connectivity index (χ0n) is 12.2. The summed E-state index contributed by atoms with van der Waals surface area (Å²) in [5.74, 6) is -0.575. The Balaban J connectivity index is 0.00000220. The summed E-state index contributed by atoms with van der Waals surface area (Å²) in [6.07, 6.45) is 0.669. The molecule has 118 valence electrons. The van der Waals surface area contributed by atoms with Gasteiger partial charge in [0.15, 0.2) is 0 Å². The van der Waals surface area contributed by atoms with Crippen LogP contribution in [0, 0.1) is 11.7 Å². The lowest BCUT2D eigenvalue weighted by Crippen LogP contribution is -2.39. The molecular weight excluding hydrogens is 314 g/mol. The lowest BCUT2D eigenvalue weighted by atomic mass is 10.1. The van der Waals surface area contributed by atoms with Crippen molar-refractivity contribution in [2.45, 2.75) is 32.2 Å². The maximum Gasteiger partial charge on any atom is 0.223 e. The molecule has 1 aromatic carbocycles. The standard InChI is InChI=1S/C15H20ClFN2O.ClH/c1-3-18-9(2)8-19-15(20)11-7-10(11)14-12(16)5-4-6-13(14)17;/h4-6,9-11,18H,3,7-8H2,1-2H3,(H,19,20);1H/t9-,10?,11?;/m1./s1. The number of hydrogen-bond donors (Lipinski definition) is 2. The highest BCUT2D eigenvalue weighted by Gasteiger charge is 2.46. The van der Waals surface area contributed by atoms with E-state index < -0.39 is 0 Å². The SMILES string of the molecule is CCN[C@H](C)CNC(=O)C1CC1c1c(F)cccc1Cl.Cl. The fourth-order valence-electron chi connectivity index (χ4n) is 2.47. The molecule has 1 aliphatic carbocycles. The van der Waals surface area contributed by atoms with Crippen molar-refractivity contribution in [1.82, 2.24) is 10.6 Å². The second-order valence-corrected chi connectivity index (χ2v) is 5.70. The van der Waals surface area contributed by atoms with Crippen molar-refractivity contribution in [2.24, 2.45) is 5.92 Å². The molecule has 21 heavy (non-hydrogen) atoms. The molecule has 2 unspecified atom stereocenters. The molecule has 0 spiro atoms. The molecule has 0 bridgehead atoms. The van der Waals surface area contributed by atoms with Crippen molar-refractivity contribution in [1.29, 1.82) is 0 Å². The minimum atomic E-state index is -0.321. The summed E-state index contributed by atoms with van der Waals surface area (Å²) in [6, 6.07) is 4.87. The number of rotatable bonds is 6. The number of amides is 1. The Morgan fingerprint density at radius 2 is 2.24 bits per heavy atom. The number of nitrogens with one attached hydrogen (secondary N) is 2. The second kappa shape index (κ2) is 7.97. The quantitative estimate of drug-likeness (QED) is 0.839. The largest absolute Gasteiger partial charge is 0.354 e. The van der Waals surface area contributed by atoms with Crippen LogP contribution in [0.2, 0.25) is 5.02 Å². The van der Waals surface area contributed by atoms with Crippen LogP contribution in [0.3, 0.4) is 0 Å². The third-order valence-electron chi connectivity index (χ3n) is 3.63. The summed E-state index contributed by atoms with van der Waals surface area (Å²) in [5.41, 5.74) is 0.481. The van der Waals surface area contributed by atoms with Gasteiger partial charge >= 0.3 is 0 Å². The summed E-state index contributed by atoms with van der Waals surface area (Å²) in [6.45, 7) is 5.49. The molecular formula is C15H21Cl2FN2O. The lowest BCUT2D eigenvalue weighted by molar-refractivity contribution is -0.122. The van der Waals surface area contributed by atoms with Crippen LogP contribution in [-0.2, 0) is 4.79 Å². The Morgan fingerprint density at radius 3 is 2.86 bits per heavy atom. The summed E-state index contributed by atoms with van der Waals surface area (Å²) in [4.78, 5) is 12.0. The van der Waals surface area contributed by atoms with Gasteiger partial charge in [-0.3, -0.25) is 4.79 Å². The fourth-order valence-corrected chi connectivity index (χ4v) is 2.78. The van der Waals surface area contributed by atoms with E-state index in [-0.39, 0.29) is 42.0 Å². The fraction of sp³-hybridized carbons (Fsp3) is 0.533. The smallest absolute Gasteiger partial charge is 0.223 e. The summed E-state index contributed by atoms with van der Waals surface area (Å²) in [5, 5.41) is 6.53. The third-order valence-corrected chi connectivity index (χ3v) is 3.96. The first-order chi connectivity index (χ1) is 9.54. The number of halogens is 3. The first-order valence-corrected chi connectivity index (χ1v) is 7.37. The van der Waals surface area contributed by atoms with E-state index in [1.54, 1.807) is 12.1 Å². The van der Waals surface area contributed by atoms with E-state index >= 15 is 0 Å². The Hall–Kier alpha value is -0.840. The molecule has 6 heteroatoms. The van der Waals surface area contributed by atoms with E-state index in [9.17, 15) is 9.18 Å². The normalized spacial score (nSPS) is 21.3. The first-order valence-electron chi connectivity index (χ1n) is 6.99. The average molecular weight is 335 g/mol. The Labute approximate surface area is 136 Å². The van der Waals surface area contributed by atoms with Gasteiger partial charge in [-0.1, -0.05) is 24.6 Å². The van der Waals surface area contributed by atoms with Gasteiger partial charge in [-0.15, -0.1) is 12.4 Å². The first kappa shape index (κ1) is 18.2. The minimum absolute atomic E-state index is 0. The number of carbonyl (C=O) groups excluding carboxylic acids is 1. The molecule has 2 rings (SSSR count). The molecule has 0 saturated heterocycles. The molecule has 0 aliphatic heterocycles. The average Bonchev–Trinajstić information content (AvgIpc) is 3.16. The molecule has 0 heterocycles. The van der Waals surface area contributed by atoms with Crippen LogP contribution in [0.1, 0.15) is 31.7 Å². The van der Waals surface area contributed by atoms with Crippen LogP contribution in [0.25, 0.3) is 0 Å². The number of benzene rings is 1. The van der Waals surface area contributed by atoms with Gasteiger partial charge in [0.05, 0.1) is 0 Å². The predicted molar refractivity (Wildman–Crippen MR) is 85.7 cm³/mol. The maximum atomic E-state index is 13.8. The van der Waals surface area contributed by atoms with Gasteiger partial charge in [0.1, 0.15) is 5.82 Å². The summed E-state index contributed by atoms with van der Waals surface area (Å²) >= 11 is 6.02. The van der Waals surface area contributed by atoms with Crippen LogP contribution < -0.4 is 10.6 Å². The topological polar surface area (TPSA) is 41.1 Å². The van der Waals surface area contributed by atoms with Gasteiger partial charge in [0, 0.05) is 35.0 Å². The molecule has 1 fully saturated rings. The van der Waals surface area contributed by atoms with Crippen molar-refractivity contribution in [3.63, 3.8) is 0 Å². The van der Waals surface area contributed by atoms with Crippen molar-refractivity contribution in [3.8, 4) is 0 Å². The minimum Gasteiger partial charge on any atom is -0.354 e. The predicted octanol–water partition coefficient (Wildman–Crippen LogP) is 3.12. The van der Waals surface area contributed by atoms with Gasteiger partial charge in [-0.2, -0.15) is 0 Å². The summed E-state index contributed by atoms with van der Waals surface area (Å²) in [7, 11) is 0. The van der Waals surface area contributed by atoms with Gasteiger partial charge in [0.2, 0.25) is 5.91 Å². The molecule has 1 aliphatic rings. The highest BCUT2D eigenvalue weighted by atomic mass is 35.5. The van der Waals surface area contributed by atoms with Crippen molar-refractivity contribution < 1.29 is 9.18 Å². The Morgan fingerprint density at radius 1 is 1.52 bits per heavy atom. The Kier molecular flexibility index (Phi) is 6.91. The van der Waals surface area contributed by atoms with Crippen LogP contribution in [-0.4, -0.2) is 25.0 Å². The van der Waals surface area contributed by atoms with Crippen molar-refractivity contribution in [2.75, 3.05) is 13.1 Å². The van der Waals surface area contributed by atoms with Gasteiger partial charge in [-0.25, -0.2) is 4.39 Å². The second-order valence-electron chi connectivity index (χ2n) is 5.29. The monoisotopic (exact) mass is 334 g/mol. The zero-order valence-corrected chi connectivity index (χ0v) is 13.7. The van der Waals surface area contributed by atoms with E-state index in [2.05, 4.69) is 10.6 Å². The molecule has 3 nitrogen and oxygen atoms in total. The Bertz CT molecular complexity index is 478. The molecule has 3 atom stereocenters. The van der Waals surface area contributed by atoms with E-state index in [1.165, 1.54) is 6.07 Å². The van der Waals surface area contributed by atoms with Gasteiger partial charge in [-0.05, 0) is 32.0 Å². The highest BCUT2D eigenvalue weighted by Crippen LogP contribution is 2.50. The third kappa shape index (κ3) is 4.56. The molecule has 1 aromatic rings. The number of likely N-dealkylation sites (N-methyl/N-ethyl adjacent to an activating group) is 1. The summed E-state index contributed by atoms with van der Waals surface area (Å²) < 4.78 is 13.8. The molecule has 1 amide bonds. The number of carbonyl (C=O) groups is 1. The van der Waals surface area contributed by atoms with Gasteiger partial charge < -0.3 is 10.6 Å². The van der Waals surface area contributed by atoms with Crippen LogP contribution in [0.5, 0.6) is 0 Å². The maximum absolute atomic E-state index is 13.8. The molecule has 0 aromatic heterocycles.